The number of pyridine rings is 1. The molecule has 2 heteroatoms. The van der Waals surface area contributed by atoms with E-state index in [0.29, 0.717) is 12.0 Å². The third kappa shape index (κ3) is 2.77. The summed E-state index contributed by atoms with van der Waals surface area (Å²) >= 11 is 0. The molecular weight excluding hydrogens is 220 g/mol. The standard InChI is InChI=1S/C16H20N2/c1-12-5-4-6-15(11-12)16(17-3)13(2)14-7-9-18-10-8-14/h4-11,13,16-17H,1-3H3. The van der Waals surface area contributed by atoms with E-state index < -0.39 is 0 Å². The molecule has 0 aliphatic rings. The summed E-state index contributed by atoms with van der Waals surface area (Å²) in [6.45, 7) is 4.38. The first-order chi connectivity index (χ1) is 8.72. The van der Waals surface area contributed by atoms with Gasteiger partial charge in [-0.1, -0.05) is 36.8 Å². The maximum atomic E-state index is 4.08. The van der Waals surface area contributed by atoms with E-state index in [4.69, 9.17) is 0 Å². The second-order valence-electron chi connectivity index (χ2n) is 4.75. The lowest BCUT2D eigenvalue weighted by Gasteiger charge is -2.24. The van der Waals surface area contributed by atoms with Crippen molar-refractivity contribution in [2.75, 3.05) is 7.05 Å². The van der Waals surface area contributed by atoms with Gasteiger partial charge in [-0.3, -0.25) is 4.98 Å². The van der Waals surface area contributed by atoms with Crippen molar-refractivity contribution in [2.45, 2.75) is 25.8 Å². The van der Waals surface area contributed by atoms with Gasteiger partial charge in [-0.05, 0) is 37.2 Å². The molecule has 0 saturated heterocycles. The summed E-state index contributed by atoms with van der Waals surface area (Å²) in [7, 11) is 2.02. The van der Waals surface area contributed by atoms with Crippen LogP contribution >= 0.6 is 0 Å². The molecule has 1 aromatic carbocycles. The zero-order valence-electron chi connectivity index (χ0n) is 11.2. The number of aryl methyl sites for hydroxylation is 1. The van der Waals surface area contributed by atoms with Gasteiger partial charge < -0.3 is 5.32 Å². The van der Waals surface area contributed by atoms with Crippen LogP contribution in [0.15, 0.2) is 48.8 Å². The van der Waals surface area contributed by atoms with Crippen LogP contribution in [0.5, 0.6) is 0 Å². The zero-order valence-corrected chi connectivity index (χ0v) is 11.2. The summed E-state index contributed by atoms with van der Waals surface area (Å²) in [4.78, 5) is 4.08. The van der Waals surface area contributed by atoms with Gasteiger partial charge in [-0.2, -0.15) is 0 Å². The van der Waals surface area contributed by atoms with Crippen molar-refractivity contribution in [1.29, 1.82) is 0 Å². The number of hydrogen-bond donors (Lipinski definition) is 1. The molecular formula is C16H20N2. The Balaban J connectivity index is 2.29. The second kappa shape index (κ2) is 5.78. The van der Waals surface area contributed by atoms with Crippen LogP contribution in [0.1, 0.15) is 35.6 Å². The van der Waals surface area contributed by atoms with Crippen LogP contribution in [0.2, 0.25) is 0 Å². The molecule has 0 fully saturated rings. The molecule has 0 aliphatic carbocycles. The topological polar surface area (TPSA) is 24.9 Å². The van der Waals surface area contributed by atoms with Crippen LogP contribution in [-0.4, -0.2) is 12.0 Å². The fourth-order valence-corrected chi connectivity index (χ4v) is 2.43. The van der Waals surface area contributed by atoms with E-state index in [0.717, 1.165) is 0 Å². The Labute approximate surface area is 109 Å². The molecule has 0 aliphatic heterocycles. The quantitative estimate of drug-likeness (QED) is 0.885. The van der Waals surface area contributed by atoms with Gasteiger partial charge in [0.25, 0.3) is 0 Å². The Morgan fingerprint density at radius 1 is 1.06 bits per heavy atom. The Morgan fingerprint density at radius 3 is 2.39 bits per heavy atom. The minimum atomic E-state index is 0.326. The molecule has 2 rings (SSSR count). The molecule has 94 valence electrons. The molecule has 0 radical (unpaired) electrons. The summed E-state index contributed by atoms with van der Waals surface area (Å²) in [5.41, 5.74) is 3.95. The van der Waals surface area contributed by atoms with Crippen LogP contribution in [0.4, 0.5) is 0 Å². The van der Waals surface area contributed by atoms with Gasteiger partial charge in [0.1, 0.15) is 0 Å². The highest BCUT2D eigenvalue weighted by molar-refractivity contribution is 5.29. The molecule has 2 atom stereocenters. The first-order valence-corrected chi connectivity index (χ1v) is 6.36. The predicted octanol–water partition coefficient (Wildman–Crippen LogP) is 3.45. The number of likely N-dealkylation sites (N-methyl/N-ethyl adjacent to an activating group) is 1. The maximum absolute atomic E-state index is 4.08. The number of nitrogens with one attached hydrogen (secondary N) is 1. The van der Waals surface area contributed by atoms with Crippen LogP contribution in [0.3, 0.4) is 0 Å². The van der Waals surface area contributed by atoms with E-state index in [1.807, 2.05) is 19.4 Å². The van der Waals surface area contributed by atoms with Gasteiger partial charge in [0.15, 0.2) is 0 Å². The lowest BCUT2D eigenvalue weighted by atomic mass is 9.88. The molecule has 1 aromatic heterocycles. The highest BCUT2D eigenvalue weighted by atomic mass is 14.9. The molecule has 2 nitrogen and oxygen atoms in total. The SMILES string of the molecule is CNC(c1cccc(C)c1)C(C)c1ccncc1. The molecule has 0 saturated carbocycles. The fourth-order valence-electron chi connectivity index (χ4n) is 2.43. The van der Waals surface area contributed by atoms with E-state index in [2.05, 4.69) is 60.5 Å². The lowest BCUT2D eigenvalue weighted by molar-refractivity contribution is 0.507. The van der Waals surface area contributed by atoms with Gasteiger partial charge in [-0.15, -0.1) is 0 Å². The van der Waals surface area contributed by atoms with Crippen molar-refractivity contribution in [3.8, 4) is 0 Å². The van der Waals surface area contributed by atoms with Gasteiger partial charge in [0.2, 0.25) is 0 Å². The number of hydrogen-bond acceptors (Lipinski definition) is 2. The fraction of sp³-hybridized carbons (Fsp3) is 0.312. The van der Waals surface area contributed by atoms with Crippen molar-refractivity contribution in [3.05, 3.63) is 65.5 Å². The van der Waals surface area contributed by atoms with E-state index in [1.54, 1.807) is 0 Å². The summed E-state index contributed by atoms with van der Waals surface area (Å²) in [5.74, 6) is 0.416. The van der Waals surface area contributed by atoms with Gasteiger partial charge in [0.05, 0.1) is 0 Å². The van der Waals surface area contributed by atoms with Crippen LogP contribution in [0.25, 0.3) is 0 Å². The van der Waals surface area contributed by atoms with E-state index in [-0.39, 0.29) is 0 Å². The Morgan fingerprint density at radius 2 is 1.78 bits per heavy atom. The molecule has 2 aromatic rings. The Bertz CT molecular complexity index is 493. The summed E-state index contributed by atoms with van der Waals surface area (Å²) in [6, 6.07) is 13.2. The molecule has 0 amide bonds. The third-order valence-corrected chi connectivity index (χ3v) is 3.44. The summed E-state index contributed by atoms with van der Waals surface area (Å²) in [5, 5.41) is 3.42. The maximum Gasteiger partial charge on any atom is 0.0384 e. The van der Waals surface area contributed by atoms with E-state index >= 15 is 0 Å². The zero-order chi connectivity index (χ0) is 13.0. The first kappa shape index (κ1) is 12.8. The molecule has 18 heavy (non-hydrogen) atoms. The normalized spacial score (nSPS) is 14.2. The van der Waals surface area contributed by atoms with Crippen LogP contribution < -0.4 is 5.32 Å². The van der Waals surface area contributed by atoms with Crippen LogP contribution in [-0.2, 0) is 0 Å². The van der Waals surface area contributed by atoms with Gasteiger partial charge in [0, 0.05) is 24.4 Å². The van der Waals surface area contributed by atoms with Crippen LogP contribution in [0, 0.1) is 6.92 Å². The summed E-state index contributed by atoms with van der Waals surface area (Å²) < 4.78 is 0. The minimum Gasteiger partial charge on any atom is -0.312 e. The Hall–Kier alpha value is -1.67. The van der Waals surface area contributed by atoms with Crippen molar-refractivity contribution in [3.63, 3.8) is 0 Å². The number of benzene rings is 1. The third-order valence-electron chi connectivity index (χ3n) is 3.44. The van der Waals surface area contributed by atoms with E-state index in [1.165, 1.54) is 16.7 Å². The predicted molar refractivity (Wildman–Crippen MR) is 75.6 cm³/mol. The van der Waals surface area contributed by atoms with Crippen molar-refractivity contribution in [2.24, 2.45) is 0 Å². The first-order valence-electron chi connectivity index (χ1n) is 6.36. The minimum absolute atomic E-state index is 0.326. The number of aromatic nitrogens is 1. The molecule has 0 spiro atoms. The average molecular weight is 240 g/mol. The van der Waals surface area contributed by atoms with Gasteiger partial charge in [-0.25, -0.2) is 0 Å². The number of rotatable bonds is 4. The Kier molecular flexibility index (Phi) is 4.11. The number of nitrogens with zero attached hydrogens (tertiary/aromatic N) is 1. The highest BCUT2D eigenvalue weighted by Gasteiger charge is 2.18. The smallest absolute Gasteiger partial charge is 0.0384 e. The lowest BCUT2D eigenvalue weighted by Crippen LogP contribution is -2.22. The summed E-state index contributed by atoms with van der Waals surface area (Å²) in [6.07, 6.45) is 3.71. The second-order valence-corrected chi connectivity index (χ2v) is 4.75. The van der Waals surface area contributed by atoms with E-state index in [9.17, 15) is 0 Å². The van der Waals surface area contributed by atoms with Crippen molar-refractivity contribution in [1.82, 2.24) is 10.3 Å². The molecule has 1 heterocycles. The monoisotopic (exact) mass is 240 g/mol. The van der Waals surface area contributed by atoms with Gasteiger partial charge >= 0.3 is 0 Å². The molecule has 2 unspecified atom stereocenters. The molecule has 1 N–H and O–H groups in total. The van der Waals surface area contributed by atoms with Crippen molar-refractivity contribution >= 4 is 0 Å². The average Bonchev–Trinajstić information content (AvgIpc) is 2.40. The molecule has 0 bridgehead atoms. The van der Waals surface area contributed by atoms with Crippen molar-refractivity contribution < 1.29 is 0 Å². The highest BCUT2D eigenvalue weighted by Crippen LogP contribution is 2.30. The largest absolute Gasteiger partial charge is 0.312 e.